The normalized spacial score (nSPS) is 10.4. The summed E-state index contributed by atoms with van der Waals surface area (Å²) in [5, 5.41) is 4.17. The van der Waals surface area contributed by atoms with Crippen LogP contribution in [0, 0.1) is 0 Å². The summed E-state index contributed by atoms with van der Waals surface area (Å²) in [7, 11) is 3.36. The summed E-state index contributed by atoms with van der Waals surface area (Å²) in [5.41, 5.74) is 2.08. The smallest absolute Gasteiger partial charge is 0.325 e. The van der Waals surface area contributed by atoms with E-state index in [1.807, 2.05) is 42.1 Å². The van der Waals surface area contributed by atoms with Crippen molar-refractivity contribution in [1.29, 1.82) is 0 Å². The molecule has 0 aliphatic carbocycles. The predicted molar refractivity (Wildman–Crippen MR) is 63.4 cm³/mol. The average molecular weight is 218 g/mol. The Morgan fingerprint density at radius 2 is 2.19 bits per heavy atom. The van der Waals surface area contributed by atoms with Crippen LogP contribution < -0.4 is 5.32 Å². The Kier molecular flexibility index (Phi) is 2.81. The van der Waals surface area contributed by atoms with Crippen LogP contribution in [0.5, 0.6) is 0 Å². The summed E-state index contributed by atoms with van der Waals surface area (Å²) >= 11 is 0. The van der Waals surface area contributed by atoms with Gasteiger partial charge in [0.25, 0.3) is 0 Å². The summed E-state index contributed by atoms with van der Waals surface area (Å²) in [4.78, 5) is 11.0. The molecule has 4 nitrogen and oxygen atoms in total. The highest BCUT2D eigenvalue weighted by Gasteiger charge is 2.06. The SMILES string of the molecule is COC(=O)CNc1cn(C)c2ccccc12. The highest BCUT2D eigenvalue weighted by molar-refractivity contribution is 5.94. The number of hydrogen-bond acceptors (Lipinski definition) is 3. The fourth-order valence-electron chi connectivity index (χ4n) is 1.72. The molecule has 0 spiro atoms. The number of rotatable bonds is 3. The third-order valence-electron chi connectivity index (χ3n) is 2.55. The van der Waals surface area contributed by atoms with Crippen LogP contribution in [0.1, 0.15) is 0 Å². The molecule has 1 aromatic carbocycles. The molecule has 0 saturated heterocycles. The molecule has 0 atom stereocenters. The third kappa shape index (κ3) is 1.86. The van der Waals surface area contributed by atoms with Crippen LogP contribution in [0.3, 0.4) is 0 Å². The van der Waals surface area contributed by atoms with Crippen molar-refractivity contribution in [2.24, 2.45) is 7.05 Å². The molecule has 0 unspecified atom stereocenters. The molecule has 0 aliphatic heterocycles. The molecule has 0 fully saturated rings. The number of esters is 1. The number of ether oxygens (including phenoxy) is 1. The van der Waals surface area contributed by atoms with E-state index in [4.69, 9.17) is 0 Å². The van der Waals surface area contributed by atoms with Crippen molar-refractivity contribution in [3.05, 3.63) is 30.5 Å². The Labute approximate surface area is 93.8 Å². The monoisotopic (exact) mass is 218 g/mol. The molecule has 0 saturated carbocycles. The minimum Gasteiger partial charge on any atom is -0.468 e. The van der Waals surface area contributed by atoms with Gasteiger partial charge in [0.2, 0.25) is 0 Å². The second-order valence-electron chi connectivity index (χ2n) is 3.60. The lowest BCUT2D eigenvalue weighted by Crippen LogP contribution is -2.14. The first-order valence-electron chi connectivity index (χ1n) is 5.07. The molecule has 1 aromatic heterocycles. The predicted octanol–water partition coefficient (Wildman–Crippen LogP) is 1.76. The van der Waals surface area contributed by atoms with E-state index in [9.17, 15) is 4.79 Å². The van der Waals surface area contributed by atoms with Gasteiger partial charge in [0, 0.05) is 24.1 Å². The molecule has 0 aliphatic rings. The number of benzene rings is 1. The zero-order chi connectivity index (χ0) is 11.5. The van der Waals surface area contributed by atoms with Crippen molar-refractivity contribution in [1.82, 2.24) is 4.57 Å². The van der Waals surface area contributed by atoms with Gasteiger partial charge in [-0.05, 0) is 6.07 Å². The summed E-state index contributed by atoms with van der Waals surface area (Å²) in [5.74, 6) is -0.270. The van der Waals surface area contributed by atoms with Crippen molar-refractivity contribution in [2.45, 2.75) is 0 Å². The van der Waals surface area contributed by atoms with Crippen LogP contribution in [0.4, 0.5) is 5.69 Å². The number of para-hydroxylation sites is 1. The van der Waals surface area contributed by atoms with Gasteiger partial charge in [-0.25, -0.2) is 0 Å². The van der Waals surface area contributed by atoms with Gasteiger partial charge in [-0.1, -0.05) is 18.2 Å². The number of methoxy groups -OCH3 is 1. The molecule has 0 radical (unpaired) electrons. The number of nitrogens with one attached hydrogen (secondary N) is 1. The van der Waals surface area contributed by atoms with Crippen molar-refractivity contribution >= 4 is 22.6 Å². The van der Waals surface area contributed by atoms with E-state index in [1.54, 1.807) is 0 Å². The molecular weight excluding hydrogens is 204 g/mol. The second-order valence-corrected chi connectivity index (χ2v) is 3.60. The van der Waals surface area contributed by atoms with Crippen LogP contribution in [-0.2, 0) is 16.6 Å². The number of nitrogens with zero attached hydrogens (tertiary/aromatic N) is 1. The Balaban J connectivity index is 2.27. The zero-order valence-corrected chi connectivity index (χ0v) is 9.36. The van der Waals surface area contributed by atoms with Gasteiger partial charge in [-0.15, -0.1) is 0 Å². The Hall–Kier alpha value is -1.97. The van der Waals surface area contributed by atoms with E-state index in [2.05, 4.69) is 10.1 Å². The van der Waals surface area contributed by atoms with Gasteiger partial charge in [0.1, 0.15) is 6.54 Å². The summed E-state index contributed by atoms with van der Waals surface area (Å²) in [6.45, 7) is 0.185. The largest absolute Gasteiger partial charge is 0.468 e. The van der Waals surface area contributed by atoms with Crippen molar-refractivity contribution in [3.8, 4) is 0 Å². The lowest BCUT2D eigenvalue weighted by molar-refractivity contribution is -0.138. The molecule has 4 heteroatoms. The van der Waals surface area contributed by atoms with E-state index in [1.165, 1.54) is 7.11 Å². The maximum absolute atomic E-state index is 11.0. The quantitative estimate of drug-likeness (QED) is 0.798. The molecule has 0 bridgehead atoms. The fraction of sp³-hybridized carbons (Fsp3) is 0.250. The number of hydrogen-bond donors (Lipinski definition) is 1. The van der Waals surface area contributed by atoms with Gasteiger partial charge < -0.3 is 14.6 Å². The lowest BCUT2D eigenvalue weighted by Gasteiger charge is -2.02. The van der Waals surface area contributed by atoms with Gasteiger partial charge >= 0.3 is 5.97 Å². The summed E-state index contributed by atoms with van der Waals surface area (Å²) in [6.07, 6.45) is 1.97. The van der Waals surface area contributed by atoms with E-state index >= 15 is 0 Å². The van der Waals surface area contributed by atoms with E-state index in [0.717, 1.165) is 16.6 Å². The lowest BCUT2D eigenvalue weighted by atomic mass is 10.2. The van der Waals surface area contributed by atoms with Gasteiger partial charge in [0.15, 0.2) is 0 Å². The van der Waals surface area contributed by atoms with E-state index in [-0.39, 0.29) is 12.5 Å². The maximum atomic E-state index is 11.0. The minimum absolute atomic E-state index is 0.185. The number of fused-ring (bicyclic) bond motifs is 1. The molecule has 2 aromatic rings. The summed E-state index contributed by atoms with van der Waals surface area (Å²) < 4.78 is 6.61. The molecule has 1 N–H and O–H groups in total. The van der Waals surface area contributed by atoms with Crippen molar-refractivity contribution < 1.29 is 9.53 Å². The first kappa shape index (κ1) is 10.5. The van der Waals surface area contributed by atoms with E-state index < -0.39 is 0 Å². The molecule has 2 rings (SSSR count). The third-order valence-corrected chi connectivity index (χ3v) is 2.55. The number of anilines is 1. The molecular formula is C12H14N2O2. The zero-order valence-electron chi connectivity index (χ0n) is 9.36. The number of carbonyl (C=O) groups is 1. The first-order chi connectivity index (χ1) is 7.72. The van der Waals surface area contributed by atoms with Crippen LogP contribution in [0.25, 0.3) is 10.9 Å². The Morgan fingerprint density at radius 3 is 2.94 bits per heavy atom. The molecule has 1 heterocycles. The fourth-order valence-corrected chi connectivity index (χ4v) is 1.72. The second kappa shape index (κ2) is 4.26. The maximum Gasteiger partial charge on any atom is 0.325 e. The molecule has 0 amide bonds. The van der Waals surface area contributed by atoms with Crippen LogP contribution in [-0.4, -0.2) is 24.2 Å². The highest BCUT2D eigenvalue weighted by atomic mass is 16.5. The number of aryl methyl sites for hydroxylation is 1. The minimum atomic E-state index is -0.270. The topological polar surface area (TPSA) is 43.3 Å². The standard InChI is InChI=1S/C12H14N2O2/c1-14-8-10(13-7-12(15)16-2)9-5-3-4-6-11(9)14/h3-6,8,13H,7H2,1-2H3. The highest BCUT2D eigenvalue weighted by Crippen LogP contribution is 2.24. The first-order valence-corrected chi connectivity index (χ1v) is 5.07. The number of aromatic nitrogens is 1. The average Bonchev–Trinajstić information content (AvgIpc) is 2.64. The Morgan fingerprint density at radius 1 is 1.44 bits per heavy atom. The van der Waals surface area contributed by atoms with Gasteiger partial charge in [-0.3, -0.25) is 4.79 Å². The van der Waals surface area contributed by atoms with Crippen LogP contribution in [0.15, 0.2) is 30.5 Å². The molecule has 16 heavy (non-hydrogen) atoms. The Bertz CT molecular complexity index is 517. The van der Waals surface area contributed by atoms with Crippen LogP contribution in [0.2, 0.25) is 0 Å². The van der Waals surface area contributed by atoms with Crippen molar-refractivity contribution in [2.75, 3.05) is 19.0 Å². The van der Waals surface area contributed by atoms with Gasteiger partial charge in [-0.2, -0.15) is 0 Å². The van der Waals surface area contributed by atoms with E-state index in [0.29, 0.717) is 0 Å². The van der Waals surface area contributed by atoms with Crippen molar-refractivity contribution in [3.63, 3.8) is 0 Å². The molecule has 84 valence electrons. The van der Waals surface area contributed by atoms with Crippen LogP contribution >= 0.6 is 0 Å². The number of carbonyl (C=O) groups excluding carboxylic acids is 1. The van der Waals surface area contributed by atoms with Gasteiger partial charge in [0.05, 0.1) is 12.8 Å². The summed E-state index contributed by atoms with van der Waals surface area (Å²) in [6, 6.07) is 8.03.